The highest BCUT2D eigenvalue weighted by Crippen LogP contribution is 2.47. The second-order valence-electron chi connectivity index (χ2n) is 21.0. The molecular weight excluding hydrogens is 746 g/mol. The molecule has 0 spiro atoms. The normalized spacial score (nSPS) is 13.9. The molecule has 0 unspecified atom stereocenters. The molecule has 6 aromatic carbocycles. The van der Waals surface area contributed by atoms with Crippen molar-refractivity contribution in [1.29, 1.82) is 0 Å². The fourth-order valence-corrected chi connectivity index (χ4v) is 10.0. The fourth-order valence-electron chi connectivity index (χ4n) is 8.88. The van der Waals surface area contributed by atoms with Gasteiger partial charge in [0.1, 0.15) is 10.0 Å². The van der Waals surface area contributed by atoms with Gasteiger partial charge in [0.25, 0.3) is 6.71 Å². The van der Waals surface area contributed by atoms with Gasteiger partial charge in [-0.05, 0) is 108 Å². The third-order valence-corrected chi connectivity index (χ3v) is 13.7. The number of hydrogen-bond donors (Lipinski definition) is 0. The average molecular weight is 804 g/mol. The number of nitrogens with zero attached hydrogens (tertiary/aromatic N) is 3. The van der Waals surface area contributed by atoms with E-state index in [1.807, 2.05) is 0 Å². The second kappa shape index (κ2) is 14.1. The largest absolute Gasteiger partial charge is 0.311 e. The van der Waals surface area contributed by atoms with Crippen LogP contribution in [0.2, 0.25) is 0 Å². The van der Waals surface area contributed by atoms with E-state index in [0.29, 0.717) is 0 Å². The molecule has 60 heavy (non-hydrogen) atoms. The molecule has 0 aliphatic carbocycles. The topological polar surface area (TPSA) is 19.4 Å². The summed E-state index contributed by atoms with van der Waals surface area (Å²) in [6.45, 7) is 27.4. The summed E-state index contributed by atoms with van der Waals surface area (Å²) in [6, 6.07) is 50.6. The average Bonchev–Trinajstić information content (AvgIpc) is 3.64. The number of hydrogen-bond acceptors (Lipinski definition) is 4. The molecule has 0 saturated heterocycles. The molecule has 0 N–H and O–H groups in total. The van der Waals surface area contributed by atoms with Crippen molar-refractivity contribution in [3.63, 3.8) is 0 Å². The predicted molar refractivity (Wildman–Crippen MR) is 262 cm³/mol. The number of fused-ring (bicyclic) bond motifs is 4. The Bertz CT molecular complexity index is 2710. The lowest BCUT2D eigenvalue weighted by molar-refractivity contribution is 0.590. The van der Waals surface area contributed by atoms with Gasteiger partial charge in [-0.15, -0.1) is 0 Å². The lowest BCUT2D eigenvalue weighted by Gasteiger charge is -2.42. The van der Waals surface area contributed by atoms with Gasteiger partial charge < -0.3 is 9.80 Å². The van der Waals surface area contributed by atoms with Gasteiger partial charge >= 0.3 is 0 Å². The summed E-state index contributed by atoms with van der Waals surface area (Å²) in [5.74, 6) is 0. The van der Waals surface area contributed by atoms with Crippen LogP contribution in [0.15, 0.2) is 133 Å². The molecule has 0 amide bonds. The van der Waals surface area contributed by atoms with Crippen LogP contribution in [0.3, 0.4) is 0 Å². The Balaban J connectivity index is 1.24. The quantitative estimate of drug-likeness (QED) is 0.165. The maximum atomic E-state index is 5.71. The predicted octanol–water partition coefficient (Wildman–Crippen LogP) is 13.7. The molecule has 2 aliphatic heterocycles. The van der Waals surface area contributed by atoms with Gasteiger partial charge in [0, 0.05) is 34.0 Å². The van der Waals surface area contributed by atoms with Gasteiger partial charge in [0.2, 0.25) is 0 Å². The van der Waals surface area contributed by atoms with Crippen LogP contribution in [0.4, 0.5) is 33.4 Å². The minimum Gasteiger partial charge on any atom is -0.311 e. The zero-order valence-corrected chi connectivity index (χ0v) is 38.3. The van der Waals surface area contributed by atoms with Crippen LogP contribution in [0.25, 0.3) is 21.7 Å². The zero-order chi connectivity index (χ0) is 42.5. The highest BCUT2D eigenvalue weighted by atomic mass is 32.1. The number of aromatic nitrogens is 1. The molecule has 0 bridgehead atoms. The lowest BCUT2D eigenvalue weighted by atomic mass is 9.35. The summed E-state index contributed by atoms with van der Waals surface area (Å²) in [5.41, 5.74) is 18.8. The van der Waals surface area contributed by atoms with E-state index in [1.165, 1.54) is 72.1 Å². The van der Waals surface area contributed by atoms with Crippen LogP contribution in [0.5, 0.6) is 0 Å². The molecule has 1 aromatic heterocycles. The van der Waals surface area contributed by atoms with Crippen LogP contribution in [0, 0.1) is 0 Å². The maximum absolute atomic E-state index is 5.71. The SMILES string of the molecule is CC(C)(C)c1ccc(-c2ccc(-c3nc4c(s3)N(c3ccc(C(C)(C)C)cc3)c3cccc5c3B4c3cc(C(C)(C)C)ccc3N5c3ccc(C(C)(C)C)cc3)cc2)cc1. The van der Waals surface area contributed by atoms with Crippen molar-refractivity contribution in [3.8, 4) is 21.7 Å². The van der Waals surface area contributed by atoms with E-state index in [-0.39, 0.29) is 28.4 Å². The van der Waals surface area contributed by atoms with Crippen molar-refractivity contribution < 1.29 is 0 Å². The molecule has 5 heteroatoms. The van der Waals surface area contributed by atoms with Crippen molar-refractivity contribution >= 4 is 68.0 Å². The summed E-state index contributed by atoms with van der Waals surface area (Å²) in [5, 5.41) is 2.22. The van der Waals surface area contributed by atoms with Crippen molar-refractivity contribution in [1.82, 2.24) is 4.98 Å². The monoisotopic (exact) mass is 803 g/mol. The Morgan fingerprint density at radius 2 is 0.850 bits per heavy atom. The van der Waals surface area contributed by atoms with Gasteiger partial charge in [-0.1, -0.05) is 185 Å². The van der Waals surface area contributed by atoms with Gasteiger partial charge in [0.05, 0.1) is 5.59 Å². The Hall–Kier alpha value is -5.39. The maximum Gasteiger partial charge on any atom is 0.276 e. The summed E-state index contributed by atoms with van der Waals surface area (Å²) >= 11 is 1.81. The summed E-state index contributed by atoms with van der Waals surface area (Å²) < 4.78 is 0. The van der Waals surface area contributed by atoms with Gasteiger partial charge in [-0.25, -0.2) is 4.98 Å². The van der Waals surface area contributed by atoms with E-state index in [4.69, 9.17) is 4.98 Å². The van der Waals surface area contributed by atoms with E-state index in [2.05, 4.69) is 226 Å². The van der Waals surface area contributed by atoms with E-state index in [1.54, 1.807) is 11.3 Å². The molecule has 0 fully saturated rings. The first-order chi connectivity index (χ1) is 28.3. The van der Waals surface area contributed by atoms with Crippen molar-refractivity contribution in [2.24, 2.45) is 0 Å². The van der Waals surface area contributed by atoms with Crippen LogP contribution >= 0.6 is 11.3 Å². The van der Waals surface area contributed by atoms with Gasteiger partial charge in [-0.3, -0.25) is 0 Å². The van der Waals surface area contributed by atoms with Crippen LogP contribution in [0.1, 0.15) is 105 Å². The fraction of sp³-hybridized carbons (Fsp3) is 0.291. The van der Waals surface area contributed by atoms with Crippen molar-refractivity contribution in [2.45, 2.75) is 105 Å². The number of thiazole rings is 1. The van der Waals surface area contributed by atoms with E-state index >= 15 is 0 Å². The highest BCUT2D eigenvalue weighted by molar-refractivity contribution is 7.22. The van der Waals surface area contributed by atoms with E-state index in [0.717, 1.165) is 21.9 Å². The van der Waals surface area contributed by atoms with Crippen molar-refractivity contribution in [2.75, 3.05) is 9.80 Å². The van der Waals surface area contributed by atoms with Gasteiger partial charge in [0.15, 0.2) is 0 Å². The molecule has 0 atom stereocenters. The first-order valence-corrected chi connectivity index (χ1v) is 22.4. The highest BCUT2D eigenvalue weighted by Gasteiger charge is 2.46. The van der Waals surface area contributed by atoms with Crippen LogP contribution in [-0.4, -0.2) is 11.7 Å². The third kappa shape index (κ3) is 6.99. The number of rotatable bonds is 4. The van der Waals surface area contributed by atoms with Crippen LogP contribution in [-0.2, 0) is 21.7 Å². The summed E-state index contributed by atoms with van der Waals surface area (Å²) in [7, 11) is 0. The molecule has 302 valence electrons. The van der Waals surface area contributed by atoms with Gasteiger partial charge in [-0.2, -0.15) is 0 Å². The second-order valence-corrected chi connectivity index (χ2v) is 22.0. The first kappa shape index (κ1) is 40.0. The standard InChI is InChI=1S/C55H58BN3S/c1-52(2,3)38-22-20-36(21-23-38)35-16-18-37(19-17-35)50-57-49-51(60-50)59(43-31-26-40(27-32-43)54(7,8)9)47-15-13-14-46-48(47)56(49)44-34-41(55(10,11)12)28-33-45(44)58(46)42-29-24-39(25-30-42)53(4,5)6/h13-34H,1-12H3. The minimum atomic E-state index is -0.0377. The Morgan fingerprint density at radius 1 is 0.433 bits per heavy atom. The third-order valence-electron chi connectivity index (χ3n) is 12.6. The molecule has 0 radical (unpaired) electrons. The number of anilines is 6. The molecule has 3 heterocycles. The van der Waals surface area contributed by atoms with E-state index < -0.39 is 0 Å². The van der Waals surface area contributed by atoms with Crippen molar-refractivity contribution in [3.05, 3.63) is 156 Å². The molecule has 7 aromatic rings. The smallest absolute Gasteiger partial charge is 0.276 e. The van der Waals surface area contributed by atoms with E-state index in [9.17, 15) is 0 Å². The van der Waals surface area contributed by atoms with Crippen LogP contribution < -0.4 is 26.3 Å². The Morgan fingerprint density at radius 3 is 1.35 bits per heavy atom. The molecule has 9 rings (SSSR count). The minimum absolute atomic E-state index is 0.0195. The Labute approximate surface area is 363 Å². The molecular formula is C55H58BN3S. The zero-order valence-electron chi connectivity index (χ0n) is 37.5. The molecule has 2 aliphatic rings. The summed E-state index contributed by atoms with van der Waals surface area (Å²) in [4.78, 5) is 10.7. The first-order valence-electron chi connectivity index (χ1n) is 21.6. The summed E-state index contributed by atoms with van der Waals surface area (Å²) in [6.07, 6.45) is 0. The Kier molecular flexibility index (Phi) is 9.41. The molecule has 0 saturated carbocycles. The lowest BCUT2D eigenvalue weighted by Crippen LogP contribution is -2.61. The number of benzene rings is 6. The molecule has 3 nitrogen and oxygen atoms in total.